The first-order valence-electron chi connectivity index (χ1n) is 14.8. The van der Waals surface area contributed by atoms with Gasteiger partial charge in [-0.15, -0.1) is 5.10 Å². The van der Waals surface area contributed by atoms with Crippen LogP contribution in [0.15, 0.2) is 85.1 Å². The second-order valence-corrected chi connectivity index (χ2v) is 11.3. The highest BCUT2D eigenvalue weighted by Gasteiger charge is 2.49. The predicted molar refractivity (Wildman–Crippen MR) is 166 cm³/mol. The maximum Gasteiger partial charge on any atom is 0.251 e. The van der Waals surface area contributed by atoms with Gasteiger partial charge in [0, 0.05) is 36.0 Å². The molecule has 2 aliphatic rings. The number of carbonyl (C=O) groups is 2. The highest BCUT2D eigenvalue weighted by molar-refractivity contribution is 5.95. The van der Waals surface area contributed by atoms with E-state index < -0.39 is 0 Å². The lowest BCUT2D eigenvalue weighted by Gasteiger charge is -2.14. The van der Waals surface area contributed by atoms with E-state index in [9.17, 15) is 14.0 Å². The molecule has 7 rings (SSSR count). The Kier molecular flexibility index (Phi) is 7.60. The van der Waals surface area contributed by atoms with Crippen LogP contribution in [0.1, 0.15) is 32.7 Å². The number of anilines is 2. The largest absolute Gasteiger partial charge is 0.495 e. The Morgan fingerprint density at radius 2 is 1.71 bits per heavy atom. The van der Waals surface area contributed by atoms with Crippen molar-refractivity contribution in [1.82, 2.24) is 25.2 Å². The van der Waals surface area contributed by atoms with Crippen molar-refractivity contribution in [3.63, 3.8) is 0 Å². The van der Waals surface area contributed by atoms with E-state index in [1.165, 1.54) is 18.6 Å². The highest BCUT2D eigenvalue weighted by atomic mass is 19.1. The first-order valence-corrected chi connectivity index (χ1v) is 14.8. The molecular weight excluding hydrogens is 575 g/mol. The molecule has 228 valence electrons. The number of fused-ring (bicyclic) bond motifs is 2. The third-order valence-electron chi connectivity index (χ3n) is 8.33. The molecule has 45 heavy (non-hydrogen) atoms. The summed E-state index contributed by atoms with van der Waals surface area (Å²) in [6.45, 7) is 1.61. The van der Waals surface area contributed by atoms with Crippen LogP contribution in [0.4, 0.5) is 16.0 Å². The van der Waals surface area contributed by atoms with E-state index in [2.05, 4.69) is 26.0 Å². The molecule has 1 saturated heterocycles. The molecule has 2 fully saturated rings. The van der Waals surface area contributed by atoms with Gasteiger partial charge in [0.05, 0.1) is 25.5 Å². The number of benzene rings is 3. The van der Waals surface area contributed by atoms with E-state index in [1.54, 1.807) is 54.1 Å². The average Bonchev–Trinajstić information content (AvgIpc) is 3.56. The summed E-state index contributed by atoms with van der Waals surface area (Å²) in [5.41, 5.74) is 4.89. The fourth-order valence-electron chi connectivity index (χ4n) is 5.66. The van der Waals surface area contributed by atoms with Crippen molar-refractivity contribution in [2.75, 3.05) is 25.6 Å². The summed E-state index contributed by atoms with van der Waals surface area (Å²) in [6.07, 6.45) is 3.16. The van der Waals surface area contributed by atoms with Crippen LogP contribution in [-0.4, -0.2) is 52.8 Å². The van der Waals surface area contributed by atoms with E-state index >= 15 is 0 Å². The third kappa shape index (κ3) is 6.20. The number of methoxy groups -OCH3 is 1. The van der Waals surface area contributed by atoms with Gasteiger partial charge in [-0.05, 0) is 84.0 Å². The molecule has 1 aliphatic carbocycles. The van der Waals surface area contributed by atoms with E-state index in [0.29, 0.717) is 59.1 Å². The number of pyridine rings is 1. The minimum atomic E-state index is -0.314. The Bertz CT molecular complexity index is 1870. The second kappa shape index (κ2) is 12.0. The number of aromatic nitrogens is 3. The number of amides is 2. The van der Waals surface area contributed by atoms with Gasteiger partial charge in [0.1, 0.15) is 11.6 Å². The van der Waals surface area contributed by atoms with Crippen molar-refractivity contribution < 1.29 is 23.5 Å². The summed E-state index contributed by atoms with van der Waals surface area (Å²) in [6, 6.07) is 22.3. The van der Waals surface area contributed by atoms with Crippen LogP contribution in [0.25, 0.3) is 16.8 Å². The fraction of sp³-hybridized carbons (Fsp3) is 0.235. The van der Waals surface area contributed by atoms with Crippen LogP contribution < -0.4 is 20.7 Å². The minimum absolute atomic E-state index is 0.106. The zero-order valence-electron chi connectivity index (χ0n) is 24.5. The first-order chi connectivity index (χ1) is 21.9. The lowest BCUT2D eigenvalue weighted by Crippen LogP contribution is -2.33. The summed E-state index contributed by atoms with van der Waals surface area (Å²) < 4.78 is 26.1. The van der Waals surface area contributed by atoms with Crippen LogP contribution in [-0.2, 0) is 11.3 Å². The Hall–Kier alpha value is -5.29. The second-order valence-electron chi connectivity index (χ2n) is 11.3. The van der Waals surface area contributed by atoms with Crippen molar-refractivity contribution in [1.29, 1.82) is 0 Å². The topological polar surface area (TPSA) is 119 Å². The van der Waals surface area contributed by atoms with Crippen LogP contribution in [0.3, 0.4) is 0 Å². The van der Waals surface area contributed by atoms with Gasteiger partial charge in [-0.25, -0.2) is 8.91 Å². The molecule has 3 heterocycles. The normalized spacial score (nSPS) is 18.3. The van der Waals surface area contributed by atoms with Crippen molar-refractivity contribution in [2.24, 2.45) is 11.8 Å². The summed E-state index contributed by atoms with van der Waals surface area (Å²) >= 11 is 0. The molecule has 0 spiro atoms. The molecule has 11 heteroatoms. The summed E-state index contributed by atoms with van der Waals surface area (Å²) in [4.78, 5) is 29.9. The molecule has 3 aromatic carbocycles. The summed E-state index contributed by atoms with van der Waals surface area (Å²) in [5.74, 6) is 1.41. The molecule has 10 nitrogen and oxygen atoms in total. The Balaban J connectivity index is 0.994. The van der Waals surface area contributed by atoms with Gasteiger partial charge < -0.3 is 25.4 Å². The molecule has 0 radical (unpaired) electrons. The third-order valence-corrected chi connectivity index (χ3v) is 8.33. The van der Waals surface area contributed by atoms with E-state index in [4.69, 9.17) is 9.47 Å². The van der Waals surface area contributed by atoms with Gasteiger partial charge in [-0.1, -0.05) is 24.3 Å². The van der Waals surface area contributed by atoms with Crippen LogP contribution in [0, 0.1) is 17.7 Å². The van der Waals surface area contributed by atoms with Gasteiger partial charge in [0.15, 0.2) is 5.65 Å². The maximum absolute atomic E-state index is 13.1. The monoisotopic (exact) mass is 606 g/mol. The number of hydrogen-bond donors (Lipinski definition) is 3. The number of halogens is 1. The highest BCUT2D eigenvalue weighted by Crippen LogP contribution is 2.47. The van der Waals surface area contributed by atoms with Gasteiger partial charge in [-0.2, -0.15) is 4.98 Å². The van der Waals surface area contributed by atoms with Crippen LogP contribution in [0.5, 0.6) is 5.75 Å². The van der Waals surface area contributed by atoms with Gasteiger partial charge in [0.25, 0.3) is 11.8 Å². The van der Waals surface area contributed by atoms with Crippen LogP contribution in [0.2, 0.25) is 0 Å². The van der Waals surface area contributed by atoms with Crippen molar-refractivity contribution in [3.05, 3.63) is 108 Å². The molecule has 1 saturated carbocycles. The molecule has 2 aromatic heterocycles. The Labute approximate surface area is 258 Å². The summed E-state index contributed by atoms with van der Waals surface area (Å²) in [5, 5.41) is 13.6. The molecule has 3 N–H and O–H groups in total. The maximum atomic E-state index is 13.1. The molecular formula is C34H31FN6O4. The first kappa shape index (κ1) is 28.5. The zero-order chi connectivity index (χ0) is 30.9. The number of hydrogen-bond acceptors (Lipinski definition) is 7. The average molecular weight is 607 g/mol. The molecule has 1 unspecified atom stereocenters. The lowest BCUT2D eigenvalue weighted by molar-refractivity contribution is 0.0717. The van der Waals surface area contributed by atoms with Crippen molar-refractivity contribution >= 4 is 29.1 Å². The van der Waals surface area contributed by atoms with E-state index in [0.717, 1.165) is 23.3 Å². The number of ether oxygens (including phenoxy) is 2. The standard InChI is InChI=1S/C34H31FN6O4/c1-44-29-15-23(33(43)37-17-30-27-14-25(27)19-45-30)8-12-28(29)38-34-39-31-13-9-24(18-41(31)40-34)21-4-6-22(7-5-21)32(42)36-16-20-2-10-26(35)11-3-20/h2-13,15,18,25,27,30H,14,16-17,19H2,1H3,(H,36,42)(H,37,43)(H,38,40)/t25-,27?,30+/m0/s1. The molecule has 3 atom stereocenters. The lowest BCUT2D eigenvalue weighted by atomic mass is 10.1. The quantitative estimate of drug-likeness (QED) is 0.205. The smallest absolute Gasteiger partial charge is 0.251 e. The Morgan fingerprint density at radius 1 is 0.956 bits per heavy atom. The molecule has 1 aliphatic heterocycles. The van der Waals surface area contributed by atoms with Crippen LogP contribution >= 0.6 is 0 Å². The minimum Gasteiger partial charge on any atom is -0.495 e. The number of rotatable bonds is 10. The van der Waals surface area contributed by atoms with Gasteiger partial charge in [0.2, 0.25) is 5.95 Å². The van der Waals surface area contributed by atoms with Crippen molar-refractivity contribution in [2.45, 2.75) is 19.1 Å². The number of carbonyl (C=O) groups excluding carboxylic acids is 2. The molecule has 2 amide bonds. The van der Waals surface area contributed by atoms with Gasteiger partial charge >= 0.3 is 0 Å². The zero-order valence-corrected chi connectivity index (χ0v) is 24.5. The predicted octanol–water partition coefficient (Wildman–Crippen LogP) is 4.98. The van der Waals surface area contributed by atoms with Crippen molar-refractivity contribution in [3.8, 4) is 16.9 Å². The molecule has 0 bridgehead atoms. The summed E-state index contributed by atoms with van der Waals surface area (Å²) in [7, 11) is 1.55. The SMILES string of the molecule is COc1cc(C(=O)NC[C@H]2OC[C@@H]3CC32)ccc1Nc1nc2ccc(-c3ccc(C(=O)NCc4ccc(F)cc4)cc3)cn2n1. The fourth-order valence-corrected chi connectivity index (χ4v) is 5.66. The van der Waals surface area contributed by atoms with E-state index in [1.807, 2.05) is 30.5 Å². The Morgan fingerprint density at radius 3 is 2.44 bits per heavy atom. The van der Waals surface area contributed by atoms with Gasteiger partial charge in [-0.3, -0.25) is 9.59 Å². The number of nitrogens with one attached hydrogen (secondary N) is 3. The molecule has 5 aromatic rings. The number of nitrogens with zero attached hydrogens (tertiary/aromatic N) is 3. The van der Waals surface area contributed by atoms with E-state index in [-0.39, 0.29) is 23.7 Å².